The van der Waals surface area contributed by atoms with Gasteiger partial charge in [-0.25, -0.2) is 0 Å². The Morgan fingerprint density at radius 1 is 1.11 bits per heavy atom. The second-order valence-corrected chi connectivity index (χ2v) is 7.19. The molecule has 1 aromatic heterocycles. The van der Waals surface area contributed by atoms with Gasteiger partial charge in [-0.05, 0) is 37.5 Å². The third-order valence-corrected chi connectivity index (χ3v) is 4.82. The van der Waals surface area contributed by atoms with E-state index in [1.54, 1.807) is 11.0 Å². The molecular formula is C22H24ClN3O2. The highest BCUT2D eigenvalue weighted by Gasteiger charge is 2.18. The number of aryl methyl sites for hydroxylation is 2. The zero-order valence-corrected chi connectivity index (χ0v) is 16.9. The minimum absolute atomic E-state index is 0.0833. The van der Waals surface area contributed by atoms with E-state index in [-0.39, 0.29) is 5.91 Å². The molecule has 0 aliphatic heterocycles. The Bertz CT molecular complexity index is 922. The summed E-state index contributed by atoms with van der Waals surface area (Å²) in [5.74, 6) is 0.858. The molecule has 5 nitrogen and oxygen atoms in total. The predicted molar refractivity (Wildman–Crippen MR) is 110 cm³/mol. The first-order valence-corrected chi connectivity index (χ1v) is 9.85. The Morgan fingerprint density at radius 2 is 1.86 bits per heavy atom. The van der Waals surface area contributed by atoms with Crippen LogP contribution >= 0.6 is 11.6 Å². The molecule has 0 saturated carbocycles. The molecule has 0 aliphatic carbocycles. The van der Waals surface area contributed by atoms with E-state index in [0.717, 1.165) is 12.0 Å². The molecule has 0 bridgehead atoms. The fourth-order valence-corrected chi connectivity index (χ4v) is 3.17. The molecule has 0 spiro atoms. The molecule has 0 saturated heterocycles. The Labute approximate surface area is 170 Å². The monoisotopic (exact) mass is 397 g/mol. The van der Waals surface area contributed by atoms with E-state index in [4.69, 9.17) is 16.0 Å². The topological polar surface area (TPSA) is 59.2 Å². The van der Waals surface area contributed by atoms with Gasteiger partial charge in [0.2, 0.25) is 17.7 Å². The smallest absolute Gasteiger partial charge is 0.249 e. The number of carbonyl (C=O) groups is 1. The molecule has 1 amide bonds. The molecule has 3 rings (SSSR count). The van der Waals surface area contributed by atoms with E-state index in [2.05, 4.69) is 41.4 Å². The van der Waals surface area contributed by atoms with Crippen LogP contribution in [0.25, 0.3) is 11.5 Å². The summed E-state index contributed by atoms with van der Waals surface area (Å²) in [6.45, 7) is 5.05. The summed E-state index contributed by atoms with van der Waals surface area (Å²) in [5, 5.41) is 8.73. The minimum Gasteiger partial charge on any atom is -0.419 e. The van der Waals surface area contributed by atoms with Gasteiger partial charge in [0.1, 0.15) is 0 Å². The lowest BCUT2D eigenvalue weighted by molar-refractivity contribution is -0.132. The van der Waals surface area contributed by atoms with Crippen molar-refractivity contribution >= 4 is 17.5 Å². The van der Waals surface area contributed by atoms with Crippen molar-refractivity contribution in [1.82, 2.24) is 15.1 Å². The van der Waals surface area contributed by atoms with Crippen molar-refractivity contribution < 1.29 is 9.21 Å². The number of hydrogen-bond donors (Lipinski definition) is 0. The minimum atomic E-state index is 0.0833. The summed E-state index contributed by atoms with van der Waals surface area (Å²) in [4.78, 5) is 14.5. The zero-order valence-electron chi connectivity index (χ0n) is 16.2. The molecule has 146 valence electrons. The Hall–Kier alpha value is -2.66. The second kappa shape index (κ2) is 9.51. The highest BCUT2D eigenvalue weighted by Crippen LogP contribution is 2.26. The molecule has 0 atom stereocenters. The van der Waals surface area contributed by atoms with Crippen LogP contribution in [0.15, 0.2) is 52.9 Å². The first-order chi connectivity index (χ1) is 13.6. The van der Waals surface area contributed by atoms with Gasteiger partial charge in [-0.1, -0.05) is 60.5 Å². The van der Waals surface area contributed by atoms with Crippen LogP contribution < -0.4 is 0 Å². The highest BCUT2D eigenvalue weighted by molar-refractivity contribution is 6.33. The molecule has 0 unspecified atom stereocenters. The average molecular weight is 398 g/mol. The van der Waals surface area contributed by atoms with Crippen LogP contribution in [-0.2, 0) is 17.8 Å². The van der Waals surface area contributed by atoms with Crippen LogP contribution in [-0.4, -0.2) is 27.5 Å². The van der Waals surface area contributed by atoms with Gasteiger partial charge in [-0.3, -0.25) is 4.79 Å². The maximum atomic E-state index is 12.7. The van der Waals surface area contributed by atoms with Crippen molar-refractivity contribution in [2.24, 2.45) is 0 Å². The van der Waals surface area contributed by atoms with Crippen molar-refractivity contribution in [2.75, 3.05) is 6.54 Å². The Kier molecular flexibility index (Phi) is 6.82. The van der Waals surface area contributed by atoms with Crippen LogP contribution in [0.1, 0.15) is 36.8 Å². The van der Waals surface area contributed by atoms with Crippen LogP contribution in [0.4, 0.5) is 0 Å². The molecule has 2 aromatic carbocycles. The van der Waals surface area contributed by atoms with Crippen LogP contribution in [0.2, 0.25) is 5.02 Å². The van der Waals surface area contributed by atoms with Gasteiger partial charge in [0, 0.05) is 13.0 Å². The summed E-state index contributed by atoms with van der Waals surface area (Å²) in [6.07, 6.45) is 2.03. The van der Waals surface area contributed by atoms with Crippen LogP contribution in [0.5, 0.6) is 0 Å². The second-order valence-electron chi connectivity index (χ2n) is 6.78. The normalized spacial score (nSPS) is 10.8. The summed E-state index contributed by atoms with van der Waals surface area (Å²) in [7, 11) is 0. The number of rotatable bonds is 8. The lowest BCUT2D eigenvalue weighted by atomic mass is 10.1. The zero-order chi connectivity index (χ0) is 19.9. The van der Waals surface area contributed by atoms with Crippen molar-refractivity contribution in [3.63, 3.8) is 0 Å². The van der Waals surface area contributed by atoms with Crippen LogP contribution in [0.3, 0.4) is 0 Å². The van der Waals surface area contributed by atoms with Crippen molar-refractivity contribution in [3.8, 4) is 11.5 Å². The molecule has 1 heterocycles. The number of nitrogens with zero attached hydrogens (tertiary/aromatic N) is 3. The number of halogens is 1. The lowest BCUT2D eigenvalue weighted by Crippen LogP contribution is -2.31. The largest absolute Gasteiger partial charge is 0.419 e. The number of carbonyl (C=O) groups excluding carboxylic acids is 1. The highest BCUT2D eigenvalue weighted by atomic mass is 35.5. The lowest BCUT2D eigenvalue weighted by Gasteiger charge is -2.20. The van der Waals surface area contributed by atoms with E-state index in [0.29, 0.717) is 48.3 Å². The van der Waals surface area contributed by atoms with E-state index in [9.17, 15) is 4.79 Å². The number of benzene rings is 2. The van der Waals surface area contributed by atoms with E-state index in [1.807, 2.05) is 25.1 Å². The van der Waals surface area contributed by atoms with Gasteiger partial charge < -0.3 is 9.32 Å². The fourth-order valence-electron chi connectivity index (χ4n) is 2.95. The molecular weight excluding hydrogens is 374 g/mol. The maximum Gasteiger partial charge on any atom is 0.249 e. The molecule has 0 fully saturated rings. The van der Waals surface area contributed by atoms with Crippen molar-refractivity contribution in [3.05, 3.63) is 70.6 Å². The number of amides is 1. The third kappa shape index (κ3) is 5.20. The average Bonchev–Trinajstić information content (AvgIpc) is 3.15. The number of aromatic nitrogens is 2. The van der Waals surface area contributed by atoms with Crippen molar-refractivity contribution in [1.29, 1.82) is 0 Å². The van der Waals surface area contributed by atoms with Crippen LogP contribution in [0, 0.1) is 6.92 Å². The molecule has 28 heavy (non-hydrogen) atoms. The Morgan fingerprint density at radius 3 is 2.57 bits per heavy atom. The molecule has 6 heteroatoms. The molecule has 3 aromatic rings. The maximum absolute atomic E-state index is 12.7. The molecule has 0 N–H and O–H groups in total. The standard InChI is InChI=1S/C22H24ClN3O2/c1-3-14-26(21(27)13-12-17-10-8-16(2)9-11-17)15-20-24-25-22(28-20)18-6-4-5-7-19(18)23/h4-11H,3,12-15H2,1-2H3. The van der Waals surface area contributed by atoms with Gasteiger partial charge in [0.15, 0.2) is 0 Å². The van der Waals surface area contributed by atoms with Gasteiger partial charge in [0.25, 0.3) is 0 Å². The van der Waals surface area contributed by atoms with Gasteiger partial charge in [-0.15, -0.1) is 10.2 Å². The summed E-state index contributed by atoms with van der Waals surface area (Å²) in [5.41, 5.74) is 3.07. The predicted octanol–water partition coefficient (Wildman–Crippen LogP) is 5.07. The summed E-state index contributed by atoms with van der Waals surface area (Å²) >= 11 is 6.19. The first-order valence-electron chi connectivity index (χ1n) is 9.47. The molecule has 0 aliphatic rings. The third-order valence-electron chi connectivity index (χ3n) is 4.49. The number of hydrogen-bond acceptors (Lipinski definition) is 4. The first kappa shape index (κ1) is 20.1. The van der Waals surface area contributed by atoms with E-state index >= 15 is 0 Å². The fraction of sp³-hybridized carbons (Fsp3) is 0.318. The van der Waals surface area contributed by atoms with Gasteiger partial charge in [-0.2, -0.15) is 0 Å². The quantitative estimate of drug-likeness (QED) is 0.532. The summed E-state index contributed by atoms with van der Waals surface area (Å²) in [6, 6.07) is 15.6. The van der Waals surface area contributed by atoms with E-state index in [1.165, 1.54) is 5.56 Å². The SMILES string of the molecule is CCCN(Cc1nnc(-c2ccccc2Cl)o1)C(=O)CCc1ccc(C)cc1. The Balaban J connectivity index is 1.65. The van der Waals surface area contributed by atoms with Gasteiger partial charge in [0.05, 0.1) is 17.1 Å². The molecule has 0 radical (unpaired) electrons. The van der Waals surface area contributed by atoms with Gasteiger partial charge >= 0.3 is 0 Å². The summed E-state index contributed by atoms with van der Waals surface area (Å²) < 4.78 is 5.75. The van der Waals surface area contributed by atoms with E-state index < -0.39 is 0 Å². The van der Waals surface area contributed by atoms with Crippen molar-refractivity contribution in [2.45, 2.75) is 39.7 Å².